The van der Waals surface area contributed by atoms with Crippen LogP contribution in [0.15, 0.2) is 58.8 Å². The van der Waals surface area contributed by atoms with E-state index in [0.29, 0.717) is 28.6 Å². The molecule has 8 nitrogen and oxygen atoms in total. The van der Waals surface area contributed by atoms with Gasteiger partial charge in [0.1, 0.15) is 5.41 Å². The van der Waals surface area contributed by atoms with E-state index in [1.165, 1.54) is 29.6 Å². The van der Waals surface area contributed by atoms with E-state index in [4.69, 9.17) is 23.2 Å². The largest absolute Gasteiger partial charge is 0.324 e. The Hall–Kier alpha value is -2.66. The van der Waals surface area contributed by atoms with Crippen molar-refractivity contribution in [2.75, 3.05) is 15.4 Å². The van der Waals surface area contributed by atoms with Gasteiger partial charge in [-0.2, -0.15) is 0 Å². The van der Waals surface area contributed by atoms with E-state index in [0.717, 1.165) is 11.3 Å². The van der Waals surface area contributed by atoms with E-state index in [1.54, 1.807) is 24.3 Å². The highest BCUT2D eigenvalue weighted by Gasteiger charge is 2.56. The van der Waals surface area contributed by atoms with Gasteiger partial charge in [-0.05, 0) is 49.2 Å². The molecule has 0 unspecified atom stereocenters. The van der Waals surface area contributed by atoms with Crippen LogP contribution in [-0.4, -0.2) is 25.2 Å². The first kappa shape index (κ1) is 22.5. The lowest BCUT2D eigenvalue weighted by atomic mass is 10.1. The third-order valence-corrected chi connectivity index (χ3v) is 7.54. The van der Waals surface area contributed by atoms with Gasteiger partial charge < -0.3 is 10.6 Å². The molecule has 3 N–H and O–H groups in total. The first-order valence-corrected chi connectivity index (χ1v) is 12.4. The van der Waals surface area contributed by atoms with Gasteiger partial charge in [0, 0.05) is 10.4 Å². The van der Waals surface area contributed by atoms with Crippen LogP contribution in [0, 0.1) is 5.41 Å². The lowest BCUT2D eigenvalue weighted by molar-refractivity contribution is -0.131. The number of rotatable bonds is 7. The molecule has 32 heavy (non-hydrogen) atoms. The van der Waals surface area contributed by atoms with E-state index >= 15 is 0 Å². The molecule has 2 aromatic carbocycles. The van der Waals surface area contributed by atoms with Gasteiger partial charge >= 0.3 is 0 Å². The van der Waals surface area contributed by atoms with Gasteiger partial charge in [-0.15, -0.1) is 11.3 Å². The van der Waals surface area contributed by atoms with Crippen LogP contribution in [0.4, 0.5) is 16.6 Å². The van der Waals surface area contributed by atoms with Crippen molar-refractivity contribution in [3.63, 3.8) is 0 Å². The average molecular weight is 511 g/mol. The molecule has 0 bridgehead atoms. The molecule has 0 saturated heterocycles. The number of anilines is 3. The number of hydrogen-bond donors (Lipinski definition) is 3. The highest BCUT2D eigenvalue weighted by Crippen LogP contribution is 2.48. The van der Waals surface area contributed by atoms with Gasteiger partial charge in [-0.1, -0.05) is 35.3 Å². The quantitative estimate of drug-likeness (QED) is 0.401. The fourth-order valence-electron chi connectivity index (χ4n) is 2.89. The Balaban J connectivity index is 1.42. The molecule has 0 atom stereocenters. The molecule has 12 heteroatoms. The fraction of sp³-hybridized carbons (Fsp3) is 0.150. The topological polar surface area (TPSA) is 117 Å². The average Bonchev–Trinajstić information content (AvgIpc) is 3.46. The summed E-state index contributed by atoms with van der Waals surface area (Å²) in [5.41, 5.74) is -0.792. The predicted octanol–water partition coefficient (Wildman–Crippen LogP) is 4.61. The number of amides is 2. The van der Waals surface area contributed by atoms with Gasteiger partial charge in [0.25, 0.3) is 10.0 Å². The SMILES string of the molecule is O=C(Nc1nc(NS(=O)(=O)c2ccc(Cl)cc2)cs1)C1(C(=O)Nc2ccccc2Cl)CC1. The summed E-state index contributed by atoms with van der Waals surface area (Å²) in [5.74, 6) is -0.919. The molecule has 1 aromatic heterocycles. The molecule has 3 aromatic rings. The maximum atomic E-state index is 12.8. The number of carbonyl (C=O) groups is 2. The van der Waals surface area contributed by atoms with Crippen LogP contribution in [-0.2, 0) is 19.6 Å². The minimum Gasteiger partial charge on any atom is -0.324 e. The maximum Gasteiger partial charge on any atom is 0.263 e. The summed E-state index contributed by atoms with van der Waals surface area (Å²) in [6.07, 6.45) is 0.771. The molecule has 1 aliphatic rings. The number of benzene rings is 2. The van der Waals surface area contributed by atoms with E-state index in [1.807, 2.05) is 0 Å². The standard InChI is InChI=1S/C20H16Cl2N4O4S2/c21-12-5-7-13(8-6-12)32(29,30)26-16-11-31-19(24-16)25-18(28)20(9-10-20)17(27)23-15-4-2-1-3-14(15)22/h1-8,11,26H,9-10H2,(H,23,27)(H,24,25,28). The second-order valence-corrected chi connectivity index (χ2v) is 10.5. The summed E-state index contributed by atoms with van der Waals surface area (Å²) in [6, 6.07) is 12.4. The molecule has 0 aliphatic heterocycles. The van der Waals surface area contributed by atoms with Crippen LogP contribution in [0.3, 0.4) is 0 Å². The first-order valence-electron chi connectivity index (χ1n) is 9.31. The summed E-state index contributed by atoms with van der Waals surface area (Å²) in [7, 11) is -3.87. The van der Waals surface area contributed by atoms with Crippen molar-refractivity contribution in [2.24, 2.45) is 5.41 Å². The number of para-hydroxylation sites is 1. The van der Waals surface area contributed by atoms with Crippen LogP contribution >= 0.6 is 34.5 Å². The minimum absolute atomic E-state index is 0.0219. The van der Waals surface area contributed by atoms with Crippen LogP contribution in [0.5, 0.6) is 0 Å². The molecule has 1 heterocycles. The van der Waals surface area contributed by atoms with Gasteiger partial charge in [-0.25, -0.2) is 13.4 Å². The third-order valence-electron chi connectivity index (χ3n) is 4.83. The van der Waals surface area contributed by atoms with Crippen molar-refractivity contribution in [1.29, 1.82) is 0 Å². The molecule has 0 radical (unpaired) electrons. The zero-order chi connectivity index (χ0) is 22.9. The van der Waals surface area contributed by atoms with Crippen molar-refractivity contribution < 1.29 is 18.0 Å². The van der Waals surface area contributed by atoms with Crippen molar-refractivity contribution in [3.05, 3.63) is 64.0 Å². The van der Waals surface area contributed by atoms with E-state index in [2.05, 4.69) is 20.3 Å². The molecule has 0 spiro atoms. The monoisotopic (exact) mass is 510 g/mol. The fourth-order valence-corrected chi connectivity index (χ4v) is 4.91. The second-order valence-electron chi connectivity index (χ2n) is 7.07. The molecular formula is C20H16Cl2N4O4S2. The Morgan fingerprint density at radius 2 is 1.62 bits per heavy atom. The van der Waals surface area contributed by atoms with Crippen molar-refractivity contribution in [3.8, 4) is 0 Å². The van der Waals surface area contributed by atoms with Crippen molar-refractivity contribution in [1.82, 2.24) is 4.98 Å². The number of sulfonamides is 1. The third kappa shape index (κ3) is 4.73. The van der Waals surface area contributed by atoms with Crippen LogP contribution in [0.1, 0.15) is 12.8 Å². The molecule has 2 amide bonds. The molecular weight excluding hydrogens is 495 g/mol. The Labute approximate surface area is 198 Å². The number of thiazole rings is 1. The molecule has 1 fully saturated rings. The zero-order valence-corrected chi connectivity index (χ0v) is 19.4. The minimum atomic E-state index is -3.87. The van der Waals surface area contributed by atoms with Crippen molar-refractivity contribution >= 4 is 73.0 Å². The first-order chi connectivity index (χ1) is 15.2. The number of hydrogen-bond acceptors (Lipinski definition) is 6. The molecule has 4 rings (SSSR count). The van der Waals surface area contributed by atoms with Gasteiger partial charge in [0.2, 0.25) is 11.8 Å². The number of halogens is 2. The normalized spacial score (nSPS) is 14.4. The Bertz CT molecular complexity index is 1290. The van der Waals surface area contributed by atoms with Gasteiger partial charge in [-0.3, -0.25) is 14.3 Å². The second kappa shape index (κ2) is 8.70. The number of aromatic nitrogens is 1. The Kier molecular flexibility index (Phi) is 6.13. The number of nitrogens with one attached hydrogen (secondary N) is 3. The lowest BCUT2D eigenvalue weighted by Crippen LogP contribution is -2.35. The van der Waals surface area contributed by atoms with Gasteiger partial charge in [0.15, 0.2) is 10.9 Å². The van der Waals surface area contributed by atoms with Crippen LogP contribution < -0.4 is 15.4 Å². The number of carbonyl (C=O) groups excluding carboxylic acids is 2. The number of nitrogens with zero attached hydrogens (tertiary/aromatic N) is 1. The summed E-state index contributed by atoms with van der Waals surface area (Å²) in [5, 5.41) is 7.69. The molecule has 1 aliphatic carbocycles. The molecule has 1 saturated carbocycles. The lowest BCUT2D eigenvalue weighted by Gasteiger charge is -2.15. The predicted molar refractivity (Wildman–Crippen MR) is 125 cm³/mol. The highest BCUT2D eigenvalue weighted by molar-refractivity contribution is 7.92. The summed E-state index contributed by atoms with van der Waals surface area (Å²) in [6.45, 7) is 0. The van der Waals surface area contributed by atoms with E-state index < -0.39 is 27.3 Å². The summed E-state index contributed by atoms with van der Waals surface area (Å²) >= 11 is 12.9. The summed E-state index contributed by atoms with van der Waals surface area (Å²) in [4.78, 5) is 29.6. The molecule has 166 valence electrons. The van der Waals surface area contributed by atoms with E-state index in [-0.39, 0.29) is 15.8 Å². The Morgan fingerprint density at radius 3 is 2.28 bits per heavy atom. The van der Waals surface area contributed by atoms with Crippen molar-refractivity contribution in [2.45, 2.75) is 17.7 Å². The highest BCUT2D eigenvalue weighted by atomic mass is 35.5. The van der Waals surface area contributed by atoms with E-state index in [9.17, 15) is 18.0 Å². The van der Waals surface area contributed by atoms with Crippen LogP contribution in [0.2, 0.25) is 10.0 Å². The summed E-state index contributed by atoms with van der Waals surface area (Å²) < 4.78 is 27.3. The smallest absolute Gasteiger partial charge is 0.263 e. The zero-order valence-electron chi connectivity index (χ0n) is 16.3. The Morgan fingerprint density at radius 1 is 0.969 bits per heavy atom. The van der Waals surface area contributed by atoms with Crippen LogP contribution in [0.25, 0.3) is 0 Å². The van der Waals surface area contributed by atoms with Gasteiger partial charge in [0.05, 0.1) is 15.6 Å². The maximum absolute atomic E-state index is 12.8.